The van der Waals surface area contributed by atoms with E-state index in [9.17, 15) is 19.2 Å². The molecule has 2 atom stereocenters. The molecular formula is C33H45N5O8. The molecule has 3 heterocycles. The van der Waals surface area contributed by atoms with Gasteiger partial charge in [0.15, 0.2) is 5.82 Å². The van der Waals surface area contributed by atoms with Crippen LogP contribution in [0.2, 0.25) is 0 Å². The van der Waals surface area contributed by atoms with Gasteiger partial charge in [-0.3, -0.25) is 14.4 Å². The number of hydrogen-bond acceptors (Lipinski definition) is 10. The minimum atomic E-state index is -1.05. The van der Waals surface area contributed by atoms with E-state index < -0.39 is 35.9 Å². The summed E-state index contributed by atoms with van der Waals surface area (Å²) in [6, 6.07) is 9.53. The van der Waals surface area contributed by atoms with Gasteiger partial charge in [0.25, 0.3) is 5.91 Å². The highest BCUT2D eigenvalue weighted by Gasteiger charge is 2.32. The van der Waals surface area contributed by atoms with E-state index >= 15 is 0 Å². The third-order valence-corrected chi connectivity index (χ3v) is 7.34. The Balaban J connectivity index is 1.51. The number of piperazine rings is 1. The molecule has 13 heteroatoms. The van der Waals surface area contributed by atoms with Gasteiger partial charge >= 0.3 is 12.1 Å². The van der Waals surface area contributed by atoms with E-state index in [4.69, 9.17) is 18.9 Å². The number of hydrogen-bond donors (Lipinski definition) is 1. The molecule has 250 valence electrons. The van der Waals surface area contributed by atoms with Crippen molar-refractivity contribution in [2.75, 3.05) is 39.4 Å². The molecule has 2 aliphatic rings. The van der Waals surface area contributed by atoms with Gasteiger partial charge in [-0.15, -0.1) is 0 Å². The van der Waals surface area contributed by atoms with Crippen molar-refractivity contribution < 1.29 is 38.1 Å². The van der Waals surface area contributed by atoms with Gasteiger partial charge in [0.05, 0.1) is 13.2 Å². The molecule has 0 bridgehead atoms. The Morgan fingerprint density at radius 3 is 2.41 bits per heavy atom. The highest BCUT2D eigenvalue weighted by molar-refractivity contribution is 5.96. The van der Waals surface area contributed by atoms with Crippen molar-refractivity contribution in [1.82, 2.24) is 25.1 Å². The number of amides is 3. The quantitative estimate of drug-likeness (QED) is 0.267. The molecule has 2 saturated heterocycles. The maximum Gasteiger partial charge on any atom is 0.409 e. The Hall–Kier alpha value is -4.26. The minimum Gasteiger partial charge on any atom is -0.460 e. The molecule has 2 aliphatic heterocycles. The molecule has 46 heavy (non-hydrogen) atoms. The molecule has 1 aromatic heterocycles. The summed E-state index contributed by atoms with van der Waals surface area (Å²) in [5.74, 6) is -1.04. The van der Waals surface area contributed by atoms with Crippen molar-refractivity contribution >= 4 is 23.9 Å². The third-order valence-electron chi connectivity index (χ3n) is 7.34. The average Bonchev–Trinajstić information content (AvgIpc) is 3.55. The van der Waals surface area contributed by atoms with Crippen LogP contribution in [0, 0.1) is 0 Å². The highest BCUT2D eigenvalue weighted by atomic mass is 16.7. The van der Waals surface area contributed by atoms with E-state index in [-0.39, 0.29) is 49.2 Å². The fraction of sp³-hybridized carbons (Fsp3) is 0.576. The zero-order valence-electron chi connectivity index (χ0n) is 27.2. The molecule has 0 unspecified atom stereocenters. The maximum atomic E-state index is 13.8. The van der Waals surface area contributed by atoms with Gasteiger partial charge < -0.3 is 34.1 Å². The number of ether oxygens (including phenoxy) is 4. The summed E-state index contributed by atoms with van der Waals surface area (Å²) in [4.78, 5) is 64.6. The second-order valence-corrected chi connectivity index (χ2v) is 12.3. The summed E-state index contributed by atoms with van der Waals surface area (Å²) in [5.41, 5.74) is -0.0228. The predicted molar refractivity (Wildman–Crippen MR) is 168 cm³/mol. The maximum absolute atomic E-state index is 13.8. The first kappa shape index (κ1) is 34.6. The summed E-state index contributed by atoms with van der Waals surface area (Å²) in [6.07, 6.45) is 2.26. The molecule has 2 aromatic rings. The number of nitrogens with one attached hydrogen (secondary N) is 1. The molecule has 0 spiro atoms. The van der Waals surface area contributed by atoms with Crippen molar-refractivity contribution in [2.24, 2.45) is 0 Å². The van der Waals surface area contributed by atoms with Crippen LogP contribution in [-0.2, 0) is 23.8 Å². The van der Waals surface area contributed by atoms with Gasteiger partial charge in [-0.1, -0.05) is 43.7 Å². The van der Waals surface area contributed by atoms with Gasteiger partial charge in [0.2, 0.25) is 18.1 Å². The van der Waals surface area contributed by atoms with Crippen molar-refractivity contribution in [3.05, 3.63) is 42.1 Å². The van der Waals surface area contributed by atoms with E-state index in [0.717, 1.165) is 19.3 Å². The third kappa shape index (κ3) is 10.4. The standard InChI is InChI=1S/C33H45N5O8/c1-5-6-20-44-32(42)38-18-16-37(17-19-38)31(41)24(14-15-27(39)46-33(2,3)4)35-30(40)25-22-26(45-28-13-10-21-43-28)36-29(34-25)23-11-8-7-9-12-23/h7-9,11-12,22,24,28H,5-6,10,13-21H2,1-4H3,(H,35,40)/t24-,28+/m0/s1. The molecule has 3 amide bonds. The SMILES string of the molecule is CCCCOC(=O)N1CCN(C(=O)[C@H](CCC(=O)OC(C)(C)C)NC(=O)c2cc(O[C@@H]3CCCO3)nc(-c3ccccc3)n2)CC1. The van der Waals surface area contributed by atoms with Crippen LogP contribution in [0.4, 0.5) is 4.79 Å². The van der Waals surface area contributed by atoms with Crippen molar-refractivity contribution in [3.63, 3.8) is 0 Å². The first-order valence-electron chi connectivity index (χ1n) is 16.0. The van der Waals surface area contributed by atoms with E-state index in [1.807, 2.05) is 37.3 Å². The van der Waals surface area contributed by atoms with Crippen molar-refractivity contribution in [3.8, 4) is 17.3 Å². The number of carbonyl (C=O) groups excluding carboxylic acids is 4. The largest absolute Gasteiger partial charge is 0.460 e. The minimum absolute atomic E-state index is 0.00318. The smallest absolute Gasteiger partial charge is 0.409 e. The normalized spacial score (nSPS) is 17.3. The van der Waals surface area contributed by atoms with Crippen LogP contribution < -0.4 is 10.1 Å². The topological polar surface area (TPSA) is 149 Å². The first-order valence-corrected chi connectivity index (χ1v) is 16.0. The highest BCUT2D eigenvalue weighted by Crippen LogP contribution is 2.23. The number of rotatable bonds is 12. The summed E-state index contributed by atoms with van der Waals surface area (Å²) < 4.78 is 22.3. The molecule has 1 N–H and O–H groups in total. The second kappa shape index (κ2) is 16.3. The van der Waals surface area contributed by atoms with E-state index in [1.165, 1.54) is 6.07 Å². The lowest BCUT2D eigenvalue weighted by Crippen LogP contribution is -2.56. The molecule has 4 rings (SSSR count). The number of esters is 1. The number of aromatic nitrogens is 2. The Bertz CT molecular complexity index is 1340. The van der Waals surface area contributed by atoms with Crippen LogP contribution in [0.15, 0.2) is 36.4 Å². The zero-order valence-corrected chi connectivity index (χ0v) is 27.2. The average molecular weight is 640 g/mol. The predicted octanol–water partition coefficient (Wildman–Crippen LogP) is 3.96. The van der Waals surface area contributed by atoms with Crippen LogP contribution in [0.3, 0.4) is 0 Å². The van der Waals surface area contributed by atoms with Gasteiger partial charge in [-0.05, 0) is 40.0 Å². The number of nitrogens with zero attached hydrogens (tertiary/aromatic N) is 4. The van der Waals surface area contributed by atoms with Gasteiger partial charge in [0.1, 0.15) is 17.3 Å². The summed E-state index contributed by atoms with van der Waals surface area (Å²) >= 11 is 0. The number of unbranched alkanes of at least 4 members (excludes halogenated alkanes) is 1. The molecular weight excluding hydrogens is 594 g/mol. The summed E-state index contributed by atoms with van der Waals surface area (Å²) in [5, 5.41) is 2.80. The number of carbonyl (C=O) groups is 4. The summed E-state index contributed by atoms with van der Waals surface area (Å²) in [6.45, 7) is 9.32. The Kier molecular flexibility index (Phi) is 12.3. The first-order chi connectivity index (χ1) is 22.0. The second-order valence-electron chi connectivity index (χ2n) is 12.3. The van der Waals surface area contributed by atoms with E-state index in [2.05, 4.69) is 15.3 Å². The Morgan fingerprint density at radius 2 is 1.76 bits per heavy atom. The van der Waals surface area contributed by atoms with Crippen molar-refractivity contribution in [2.45, 2.75) is 84.2 Å². The van der Waals surface area contributed by atoms with Crippen LogP contribution in [0.25, 0.3) is 11.4 Å². The molecule has 1 aromatic carbocycles. The van der Waals surface area contributed by atoms with Gasteiger partial charge in [0, 0.05) is 50.7 Å². The fourth-order valence-electron chi connectivity index (χ4n) is 4.96. The monoisotopic (exact) mass is 639 g/mol. The lowest BCUT2D eigenvalue weighted by Gasteiger charge is -2.36. The molecule has 0 radical (unpaired) electrons. The molecule has 0 saturated carbocycles. The lowest BCUT2D eigenvalue weighted by molar-refractivity contribution is -0.155. The fourth-order valence-corrected chi connectivity index (χ4v) is 4.96. The van der Waals surface area contributed by atoms with Gasteiger partial charge in [-0.25, -0.2) is 9.78 Å². The van der Waals surface area contributed by atoms with Crippen LogP contribution in [-0.4, -0.2) is 101 Å². The Morgan fingerprint density at radius 1 is 1.04 bits per heavy atom. The van der Waals surface area contributed by atoms with E-state index in [1.54, 1.807) is 30.6 Å². The lowest BCUT2D eigenvalue weighted by atomic mass is 10.1. The van der Waals surface area contributed by atoms with Crippen LogP contribution in [0.5, 0.6) is 5.88 Å². The molecule has 2 fully saturated rings. The molecule has 0 aliphatic carbocycles. The zero-order chi connectivity index (χ0) is 33.1. The van der Waals surface area contributed by atoms with Crippen molar-refractivity contribution in [1.29, 1.82) is 0 Å². The van der Waals surface area contributed by atoms with E-state index in [0.29, 0.717) is 38.3 Å². The van der Waals surface area contributed by atoms with Gasteiger partial charge in [-0.2, -0.15) is 4.98 Å². The summed E-state index contributed by atoms with van der Waals surface area (Å²) in [7, 11) is 0. The van der Waals surface area contributed by atoms with Crippen LogP contribution in [0.1, 0.15) is 76.7 Å². The Labute approximate surface area is 269 Å². The van der Waals surface area contributed by atoms with Crippen LogP contribution >= 0.6 is 0 Å². The molecule has 13 nitrogen and oxygen atoms in total. The number of benzene rings is 1.